The van der Waals surface area contributed by atoms with Gasteiger partial charge in [0.25, 0.3) is 0 Å². The summed E-state index contributed by atoms with van der Waals surface area (Å²) in [5.41, 5.74) is 0. The van der Waals surface area contributed by atoms with Crippen molar-refractivity contribution in [3.05, 3.63) is 21.3 Å². The summed E-state index contributed by atoms with van der Waals surface area (Å²) < 4.78 is 6.24. The minimum absolute atomic E-state index is 0.0128. The van der Waals surface area contributed by atoms with Crippen molar-refractivity contribution >= 4 is 29.0 Å². The Balaban J connectivity index is 1.84. The van der Waals surface area contributed by atoms with Crippen molar-refractivity contribution in [2.24, 2.45) is 0 Å². The van der Waals surface area contributed by atoms with Crippen molar-refractivity contribution in [1.29, 1.82) is 0 Å². The molecule has 2 atom stereocenters. The summed E-state index contributed by atoms with van der Waals surface area (Å²) in [6.07, 6.45) is 1.87. The van der Waals surface area contributed by atoms with E-state index in [1.54, 1.807) is 4.90 Å². The maximum absolute atomic E-state index is 12.3. The molecule has 1 fully saturated rings. The van der Waals surface area contributed by atoms with E-state index in [-0.39, 0.29) is 24.8 Å². The van der Waals surface area contributed by atoms with Crippen molar-refractivity contribution < 1.29 is 14.6 Å². The fraction of sp³-hybridized carbons (Fsp3) is 0.643. The Hall–Kier alpha value is -0.820. The fourth-order valence-corrected chi connectivity index (χ4v) is 3.45. The van der Waals surface area contributed by atoms with Crippen LogP contribution in [0.5, 0.6) is 0 Å². The molecule has 1 aromatic rings. The molecule has 2 rings (SSSR count). The smallest absolute Gasteiger partial charge is 0.317 e. The minimum atomic E-state index is -0.0793. The molecule has 1 aromatic heterocycles. The van der Waals surface area contributed by atoms with Gasteiger partial charge in [0.2, 0.25) is 0 Å². The minimum Gasteiger partial charge on any atom is -0.394 e. The van der Waals surface area contributed by atoms with Gasteiger partial charge in [-0.3, -0.25) is 0 Å². The van der Waals surface area contributed by atoms with Gasteiger partial charge in [-0.15, -0.1) is 11.3 Å². The molecule has 1 aliphatic heterocycles. The normalized spacial score (nSPS) is 20.3. The summed E-state index contributed by atoms with van der Waals surface area (Å²) in [7, 11) is 0. The molecule has 0 bridgehead atoms. The van der Waals surface area contributed by atoms with E-state index in [0.717, 1.165) is 28.6 Å². The van der Waals surface area contributed by atoms with E-state index in [0.29, 0.717) is 13.2 Å². The van der Waals surface area contributed by atoms with Crippen LogP contribution in [0.3, 0.4) is 0 Å². The average Bonchev–Trinajstić information content (AvgIpc) is 2.92. The number of thiophene rings is 1. The number of carbonyl (C=O) groups excluding carboxylic acids is 1. The van der Waals surface area contributed by atoms with Crippen LogP contribution >= 0.6 is 22.9 Å². The van der Waals surface area contributed by atoms with Gasteiger partial charge in [0.15, 0.2) is 0 Å². The number of amides is 2. The molecule has 5 nitrogen and oxygen atoms in total. The van der Waals surface area contributed by atoms with Gasteiger partial charge >= 0.3 is 6.03 Å². The lowest BCUT2D eigenvalue weighted by atomic mass is 10.1. The lowest BCUT2D eigenvalue weighted by molar-refractivity contribution is -0.00595. The van der Waals surface area contributed by atoms with E-state index >= 15 is 0 Å². The Morgan fingerprint density at radius 2 is 2.48 bits per heavy atom. The SMILES string of the molecule is C[C@H](NC(=O)N1CCC[C@@H](OCCO)C1)c1ccc(Cl)s1. The Labute approximate surface area is 133 Å². The molecule has 0 spiro atoms. The summed E-state index contributed by atoms with van der Waals surface area (Å²) in [6.45, 7) is 3.60. The first-order valence-electron chi connectivity index (χ1n) is 7.13. The van der Waals surface area contributed by atoms with E-state index in [1.807, 2.05) is 19.1 Å². The lowest BCUT2D eigenvalue weighted by Gasteiger charge is -2.33. The van der Waals surface area contributed by atoms with Gasteiger partial charge < -0.3 is 20.1 Å². The Kier molecular flexibility index (Phi) is 6.29. The van der Waals surface area contributed by atoms with Crippen LogP contribution in [-0.2, 0) is 4.74 Å². The molecule has 0 radical (unpaired) electrons. The quantitative estimate of drug-likeness (QED) is 0.871. The zero-order valence-electron chi connectivity index (χ0n) is 12.0. The maximum atomic E-state index is 12.3. The molecule has 0 unspecified atom stereocenters. The zero-order chi connectivity index (χ0) is 15.2. The van der Waals surface area contributed by atoms with Gasteiger partial charge in [-0.1, -0.05) is 11.6 Å². The zero-order valence-corrected chi connectivity index (χ0v) is 13.6. The topological polar surface area (TPSA) is 61.8 Å². The third kappa shape index (κ3) is 4.85. The third-order valence-electron chi connectivity index (χ3n) is 3.47. The highest BCUT2D eigenvalue weighted by Crippen LogP contribution is 2.26. The van der Waals surface area contributed by atoms with Crippen LogP contribution in [0, 0.1) is 0 Å². The molecule has 0 aliphatic carbocycles. The number of nitrogens with zero attached hydrogens (tertiary/aromatic N) is 1. The standard InChI is InChI=1S/C14H21ClN2O3S/c1-10(12-4-5-13(15)21-12)16-14(19)17-6-2-3-11(9-17)20-8-7-18/h4-5,10-11,18H,2-3,6-9H2,1H3,(H,16,19)/t10-,11+/m0/s1. The summed E-state index contributed by atoms with van der Waals surface area (Å²) in [6, 6.07) is 3.63. The summed E-state index contributed by atoms with van der Waals surface area (Å²) in [5.74, 6) is 0. The van der Waals surface area contributed by atoms with Crippen LogP contribution in [-0.4, -0.2) is 48.4 Å². The molecular weight excluding hydrogens is 312 g/mol. The molecule has 21 heavy (non-hydrogen) atoms. The first kappa shape index (κ1) is 16.5. The summed E-state index contributed by atoms with van der Waals surface area (Å²) in [4.78, 5) is 15.1. The first-order valence-corrected chi connectivity index (χ1v) is 8.32. The van der Waals surface area contributed by atoms with Gasteiger partial charge in [0, 0.05) is 18.0 Å². The van der Waals surface area contributed by atoms with Crippen molar-refractivity contribution in [2.45, 2.75) is 31.9 Å². The van der Waals surface area contributed by atoms with E-state index in [4.69, 9.17) is 21.4 Å². The van der Waals surface area contributed by atoms with Crippen LogP contribution in [0.25, 0.3) is 0 Å². The largest absolute Gasteiger partial charge is 0.394 e. The lowest BCUT2D eigenvalue weighted by Crippen LogP contribution is -2.48. The number of carbonyl (C=O) groups is 1. The molecule has 2 N–H and O–H groups in total. The Bertz CT molecular complexity index is 469. The number of aliphatic hydroxyl groups is 1. The van der Waals surface area contributed by atoms with Gasteiger partial charge in [-0.05, 0) is 31.9 Å². The first-order chi connectivity index (χ1) is 10.1. The number of halogens is 1. The number of nitrogens with one attached hydrogen (secondary N) is 1. The molecule has 1 aliphatic rings. The summed E-state index contributed by atoms with van der Waals surface area (Å²) in [5, 5.41) is 11.8. The van der Waals surface area contributed by atoms with E-state index in [1.165, 1.54) is 11.3 Å². The van der Waals surface area contributed by atoms with E-state index < -0.39 is 0 Å². The highest BCUT2D eigenvalue weighted by Gasteiger charge is 2.25. The second-order valence-corrected chi connectivity index (χ2v) is 6.86. The van der Waals surface area contributed by atoms with Crippen LogP contribution in [0.2, 0.25) is 4.34 Å². The molecule has 7 heteroatoms. The van der Waals surface area contributed by atoms with Gasteiger partial charge in [-0.2, -0.15) is 0 Å². The predicted molar refractivity (Wildman–Crippen MR) is 83.9 cm³/mol. The van der Waals surface area contributed by atoms with Gasteiger partial charge in [-0.25, -0.2) is 4.79 Å². The van der Waals surface area contributed by atoms with Crippen molar-refractivity contribution in [2.75, 3.05) is 26.3 Å². The molecule has 1 saturated heterocycles. The average molecular weight is 333 g/mol. The molecule has 2 heterocycles. The fourth-order valence-electron chi connectivity index (χ4n) is 2.39. The van der Waals surface area contributed by atoms with E-state index in [9.17, 15) is 4.79 Å². The predicted octanol–water partition coefficient (Wildman–Crippen LogP) is 2.65. The van der Waals surface area contributed by atoms with Gasteiger partial charge in [0.1, 0.15) is 0 Å². The van der Waals surface area contributed by atoms with Crippen LogP contribution < -0.4 is 5.32 Å². The number of hydrogen-bond donors (Lipinski definition) is 2. The van der Waals surface area contributed by atoms with Crippen molar-refractivity contribution in [3.8, 4) is 0 Å². The highest BCUT2D eigenvalue weighted by atomic mass is 35.5. The second-order valence-electron chi connectivity index (χ2n) is 5.12. The number of urea groups is 1. The number of piperidine rings is 1. The van der Waals surface area contributed by atoms with Crippen LogP contribution in [0.4, 0.5) is 4.79 Å². The Morgan fingerprint density at radius 3 is 3.14 bits per heavy atom. The molecule has 118 valence electrons. The molecular formula is C14H21ClN2O3S. The number of rotatable bonds is 5. The van der Waals surface area contributed by atoms with Gasteiger partial charge in [0.05, 0.1) is 29.7 Å². The van der Waals surface area contributed by atoms with Crippen LogP contribution in [0.15, 0.2) is 12.1 Å². The monoisotopic (exact) mass is 332 g/mol. The molecule has 0 saturated carbocycles. The van der Waals surface area contributed by atoms with Crippen molar-refractivity contribution in [3.63, 3.8) is 0 Å². The van der Waals surface area contributed by atoms with E-state index in [2.05, 4.69) is 5.32 Å². The Morgan fingerprint density at radius 1 is 1.67 bits per heavy atom. The number of ether oxygens (including phenoxy) is 1. The highest BCUT2D eigenvalue weighted by molar-refractivity contribution is 7.16. The summed E-state index contributed by atoms with van der Waals surface area (Å²) >= 11 is 7.39. The number of likely N-dealkylation sites (tertiary alicyclic amines) is 1. The third-order valence-corrected chi connectivity index (χ3v) is 4.88. The second kappa shape index (κ2) is 7.98. The number of aliphatic hydroxyl groups excluding tert-OH is 1. The van der Waals surface area contributed by atoms with Crippen molar-refractivity contribution in [1.82, 2.24) is 10.2 Å². The number of hydrogen-bond acceptors (Lipinski definition) is 4. The molecule has 0 aromatic carbocycles. The van der Waals surface area contributed by atoms with Crippen LogP contribution in [0.1, 0.15) is 30.7 Å². The maximum Gasteiger partial charge on any atom is 0.317 e. The molecule has 2 amide bonds.